The fourth-order valence-corrected chi connectivity index (χ4v) is 2.75. The average molecular weight is 303 g/mol. The van der Waals surface area contributed by atoms with Gasteiger partial charge in [0.15, 0.2) is 0 Å². The monoisotopic (exact) mass is 302 g/mol. The number of carbonyl (C=O) groups excluding carboxylic acids is 1. The Morgan fingerprint density at radius 1 is 1.19 bits per heavy atom. The largest absolute Gasteiger partial charge is 0.496 e. The van der Waals surface area contributed by atoms with Crippen LogP contribution >= 0.6 is 11.6 Å². The summed E-state index contributed by atoms with van der Waals surface area (Å²) in [4.78, 5) is 14.5. The minimum Gasteiger partial charge on any atom is -0.496 e. The highest BCUT2D eigenvalue weighted by Crippen LogP contribution is 2.29. The highest BCUT2D eigenvalue weighted by atomic mass is 35.5. The van der Waals surface area contributed by atoms with E-state index in [0.29, 0.717) is 35.1 Å². The predicted molar refractivity (Wildman–Crippen MR) is 82.4 cm³/mol. The van der Waals surface area contributed by atoms with Crippen LogP contribution in [0.3, 0.4) is 0 Å². The Morgan fingerprint density at radius 2 is 1.95 bits per heavy atom. The van der Waals surface area contributed by atoms with E-state index in [0.717, 1.165) is 11.1 Å². The van der Waals surface area contributed by atoms with Gasteiger partial charge in [0, 0.05) is 23.8 Å². The van der Waals surface area contributed by atoms with E-state index in [9.17, 15) is 4.79 Å². The van der Waals surface area contributed by atoms with Crippen molar-refractivity contribution in [3.63, 3.8) is 0 Å². The van der Waals surface area contributed by atoms with Crippen molar-refractivity contribution in [3.05, 3.63) is 58.1 Å². The number of hydrogen-bond acceptors (Lipinski definition) is 3. The van der Waals surface area contributed by atoms with Gasteiger partial charge in [0.25, 0.3) is 5.91 Å². The normalized spacial score (nSPS) is 13.1. The predicted octanol–water partition coefficient (Wildman–Crippen LogP) is 3.09. The van der Waals surface area contributed by atoms with Crippen molar-refractivity contribution in [2.45, 2.75) is 13.1 Å². The first kappa shape index (κ1) is 13.8. The number of rotatable bonds is 2. The first-order chi connectivity index (χ1) is 10.1. The number of amides is 1. The lowest BCUT2D eigenvalue weighted by molar-refractivity contribution is 0.0748. The van der Waals surface area contributed by atoms with Gasteiger partial charge in [0.1, 0.15) is 5.75 Å². The summed E-state index contributed by atoms with van der Waals surface area (Å²) in [6, 6.07) is 10.8. The molecule has 1 aliphatic heterocycles. The molecule has 3 rings (SSSR count). The van der Waals surface area contributed by atoms with E-state index < -0.39 is 0 Å². The van der Waals surface area contributed by atoms with Gasteiger partial charge in [-0.15, -0.1) is 0 Å². The first-order valence-corrected chi connectivity index (χ1v) is 6.96. The molecule has 1 amide bonds. The van der Waals surface area contributed by atoms with Gasteiger partial charge in [0.05, 0.1) is 12.7 Å². The van der Waals surface area contributed by atoms with Gasteiger partial charge in [-0.3, -0.25) is 4.79 Å². The maximum Gasteiger partial charge on any atom is 0.258 e. The average Bonchev–Trinajstić information content (AvgIpc) is 2.89. The van der Waals surface area contributed by atoms with Crippen LogP contribution in [-0.2, 0) is 13.1 Å². The zero-order chi connectivity index (χ0) is 15.0. The smallest absolute Gasteiger partial charge is 0.258 e. The molecule has 21 heavy (non-hydrogen) atoms. The second-order valence-electron chi connectivity index (χ2n) is 5.03. The number of nitrogens with two attached hydrogens (primary N) is 1. The summed E-state index contributed by atoms with van der Waals surface area (Å²) in [5, 5.41) is 0.514. The van der Waals surface area contributed by atoms with E-state index in [4.69, 9.17) is 22.1 Å². The number of carbonyl (C=O) groups is 1. The molecule has 1 aliphatic rings. The quantitative estimate of drug-likeness (QED) is 0.867. The molecule has 4 nitrogen and oxygen atoms in total. The fourth-order valence-electron chi connectivity index (χ4n) is 2.58. The Hall–Kier alpha value is -2.20. The van der Waals surface area contributed by atoms with Crippen LogP contribution in [0, 0.1) is 0 Å². The summed E-state index contributed by atoms with van der Waals surface area (Å²) in [5.74, 6) is 0.434. The summed E-state index contributed by atoms with van der Waals surface area (Å²) in [6.45, 7) is 1.12. The van der Waals surface area contributed by atoms with Crippen molar-refractivity contribution in [1.82, 2.24) is 4.90 Å². The zero-order valence-electron chi connectivity index (χ0n) is 11.6. The van der Waals surface area contributed by atoms with Gasteiger partial charge < -0.3 is 15.4 Å². The summed E-state index contributed by atoms with van der Waals surface area (Å²) >= 11 is 5.99. The van der Waals surface area contributed by atoms with Gasteiger partial charge in [-0.2, -0.15) is 0 Å². The molecule has 0 atom stereocenters. The van der Waals surface area contributed by atoms with Gasteiger partial charge in [-0.05, 0) is 41.5 Å². The van der Waals surface area contributed by atoms with E-state index in [1.54, 1.807) is 30.2 Å². The molecule has 2 aromatic rings. The summed E-state index contributed by atoms with van der Waals surface area (Å²) in [5.41, 5.74) is 9.19. The van der Waals surface area contributed by atoms with Crippen molar-refractivity contribution >= 4 is 23.2 Å². The minimum absolute atomic E-state index is 0.0934. The molecule has 0 saturated carbocycles. The highest BCUT2D eigenvalue weighted by Gasteiger charge is 2.26. The number of ether oxygens (including phenoxy) is 1. The molecule has 2 aromatic carbocycles. The van der Waals surface area contributed by atoms with E-state index in [1.807, 2.05) is 18.2 Å². The molecule has 0 spiro atoms. The van der Waals surface area contributed by atoms with Crippen LogP contribution < -0.4 is 10.5 Å². The maximum atomic E-state index is 12.7. The molecule has 0 fully saturated rings. The summed E-state index contributed by atoms with van der Waals surface area (Å²) in [7, 11) is 1.54. The van der Waals surface area contributed by atoms with E-state index in [2.05, 4.69) is 0 Å². The Bertz CT molecular complexity index is 715. The number of benzene rings is 2. The van der Waals surface area contributed by atoms with Crippen LogP contribution in [0.25, 0.3) is 0 Å². The molecule has 0 radical (unpaired) electrons. The second kappa shape index (κ2) is 5.30. The number of anilines is 1. The topological polar surface area (TPSA) is 55.6 Å². The standard InChI is InChI=1S/C16H15ClN2O2/c1-21-15-5-3-12(17)7-14(15)16(20)19-8-10-2-4-13(18)6-11(10)9-19/h2-7H,8-9,18H2,1H3. The van der Waals surface area contributed by atoms with Gasteiger partial charge in [-0.25, -0.2) is 0 Å². The van der Waals surface area contributed by atoms with Gasteiger partial charge in [0.2, 0.25) is 0 Å². The number of nitrogens with zero attached hydrogens (tertiary/aromatic N) is 1. The van der Waals surface area contributed by atoms with Crippen LogP contribution in [0.15, 0.2) is 36.4 Å². The lowest BCUT2D eigenvalue weighted by Gasteiger charge is -2.17. The Balaban J connectivity index is 1.90. The van der Waals surface area contributed by atoms with E-state index in [1.165, 1.54) is 0 Å². The summed E-state index contributed by atoms with van der Waals surface area (Å²) in [6.07, 6.45) is 0. The molecular formula is C16H15ClN2O2. The number of halogens is 1. The highest BCUT2D eigenvalue weighted by molar-refractivity contribution is 6.31. The summed E-state index contributed by atoms with van der Waals surface area (Å²) < 4.78 is 5.25. The zero-order valence-corrected chi connectivity index (χ0v) is 12.4. The molecule has 2 N–H and O–H groups in total. The second-order valence-corrected chi connectivity index (χ2v) is 5.47. The lowest BCUT2D eigenvalue weighted by Crippen LogP contribution is -2.25. The van der Waals surface area contributed by atoms with Gasteiger partial charge in [-0.1, -0.05) is 17.7 Å². The van der Waals surface area contributed by atoms with Crippen LogP contribution in [-0.4, -0.2) is 17.9 Å². The van der Waals surface area contributed by atoms with Crippen LogP contribution in [0.4, 0.5) is 5.69 Å². The molecule has 5 heteroatoms. The van der Waals surface area contributed by atoms with Crippen molar-refractivity contribution in [3.8, 4) is 5.75 Å². The van der Waals surface area contributed by atoms with Crippen LogP contribution in [0.2, 0.25) is 5.02 Å². The minimum atomic E-state index is -0.0934. The lowest BCUT2D eigenvalue weighted by atomic mass is 10.1. The maximum absolute atomic E-state index is 12.7. The third-order valence-electron chi connectivity index (χ3n) is 3.63. The fraction of sp³-hybridized carbons (Fsp3) is 0.188. The molecule has 108 valence electrons. The molecule has 0 unspecified atom stereocenters. The van der Waals surface area contributed by atoms with Crippen LogP contribution in [0.5, 0.6) is 5.75 Å². The first-order valence-electron chi connectivity index (χ1n) is 6.58. The molecule has 0 bridgehead atoms. The van der Waals surface area contributed by atoms with E-state index in [-0.39, 0.29) is 5.91 Å². The molecule has 0 aromatic heterocycles. The van der Waals surface area contributed by atoms with Gasteiger partial charge >= 0.3 is 0 Å². The van der Waals surface area contributed by atoms with E-state index >= 15 is 0 Å². The number of methoxy groups -OCH3 is 1. The Kier molecular flexibility index (Phi) is 3.47. The molecule has 1 heterocycles. The number of fused-ring (bicyclic) bond motifs is 1. The number of nitrogen functional groups attached to an aromatic ring is 1. The number of hydrogen-bond donors (Lipinski definition) is 1. The third-order valence-corrected chi connectivity index (χ3v) is 3.87. The Morgan fingerprint density at radius 3 is 2.71 bits per heavy atom. The SMILES string of the molecule is COc1ccc(Cl)cc1C(=O)N1Cc2ccc(N)cc2C1. The van der Waals surface area contributed by atoms with Crippen LogP contribution in [0.1, 0.15) is 21.5 Å². The molecular weight excluding hydrogens is 288 g/mol. The van der Waals surface area contributed by atoms with Crippen molar-refractivity contribution in [2.24, 2.45) is 0 Å². The van der Waals surface area contributed by atoms with Crippen molar-refractivity contribution in [2.75, 3.05) is 12.8 Å². The Labute approximate surface area is 128 Å². The third kappa shape index (κ3) is 2.54. The van der Waals surface area contributed by atoms with Crippen molar-refractivity contribution in [1.29, 1.82) is 0 Å². The molecule has 0 saturated heterocycles. The van der Waals surface area contributed by atoms with Crippen molar-refractivity contribution < 1.29 is 9.53 Å². The molecule has 0 aliphatic carbocycles.